The van der Waals surface area contributed by atoms with Crippen LogP contribution in [0.15, 0.2) is 42.6 Å². The van der Waals surface area contributed by atoms with Crippen molar-refractivity contribution in [3.63, 3.8) is 0 Å². The number of rotatable bonds is 3. The van der Waals surface area contributed by atoms with Gasteiger partial charge in [-0.1, -0.05) is 30.3 Å². The Bertz CT molecular complexity index is 732. The molecule has 1 atom stereocenters. The molecule has 0 aliphatic rings. The van der Waals surface area contributed by atoms with Crippen LogP contribution in [0, 0.1) is 6.92 Å². The summed E-state index contributed by atoms with van der Waals surface area (Å²) in [5.41, 5.74) is 4.12. The Hall–Kier alpha value is -1.87. The first-order valence-corrected chi connectivity index (χ1v) is 7.09. The second-order valence-electron chi connectivity index (χ2n) is 5.01. The molecule has 0 saturated carbocycles. The number of pyridine rings is 1. The summed E-state index contributed by atoms with van der Waals surface area (Å²) in [5, 5.41) is -0.145. The van der Waals surface area contributed by atoms with Crippen LogP contribution in [0.2, 0.25) is 0 Å². The van der Waals surface area contributed by atoms with Crippen LogP contribution in [-0.2, 0) is 6.54 Å². The van der Waals surface area contributed by atoms with Gasteiger partial charge in [-0.3, -0.25) is 0 Å². The highest BCUT2D eigenvalue weighted by molar-refractivity contribution is 6.20. The Labute approximate surface area is 123 Å². The monoisotopic (exact) mass is 285 g/mol. The summed E-state index contributed by atoms with van der Waals surface area (Å²) >= 11 is 6.27. The summed E-state index contributed by atoms with van der Waals surface area (Å²) in [6.07, 6.45) is 1.87. The molecule has 0 aliphatic heterocycles. The van der Waals surface area contributed by atoms with Crippen molar-refractivity contribution in [2.45, 2.75) is 25.8 Å². The van der Waals surface area contributed by atoms with Gasteiger partial charge in [-0.25, -0.2) is 9.97 Å². The molecule has 102 valence electrons. The average Bonchev–Trinajstić information content (AvgIpc) is 2.78. The number of benzene rings is 1. The second-order valence-corrected chi connectivity index (χ2v) is 5.67. The molecule has 1 aromatic carbocycles. The van der Waals surface area contributed by atoms with Crippen molar-refractivity contribution in [1.82, 2.24) is 14.5 Å². The second kappa shape index (κ2) is 5.25. The maximum atomic E-state index is 6.27. The van der Waals surface area contributed by atoms with E-state index < -0.39 is 0 Å². The normalized spacial score (nSPS) is 12.8. The Balaban J connectivity index is 2.14. The maximum absolute atomic E-state index is 6.27. The van der Waals surface area contributed by atoms with Crippen LogP contribution in [0.25, 0.3) is 11.2 Å². The van der Waals surface area contributed by atoms with E-state index in [1.165, 1.54) is 5.56 Å². The van der Waals surface area contributed by atoms with E-state index in [0.717, 1.165) is 29.1 Å². The molecular weight excluding hydrogens is 270 g/mol. The van der Waals surface area contributed by atoms with Crippen LogP contribution in [-0.4, -0.2) is 14.5 Å². The van der Waals surface area contributed by atoms with Gasteiger partial charge in [-0.2, -0.15) is 0 Å². The van der Waals surface area contributed by atoms with E-state index in [2.05, 4.69) is 26.7 Å². The molecule has 0 N–H and O–H groups in total. The number of hydrogen-bond acceptors (Lipinski definition) is 2. The Morgan fingerprint density at radius 1 is 1.25 bits per heavy atom. The zero-order chi connectivity index (χ0) is 14.1. The van der Waals surface area contributed by atoms with E-state index in [-0.39, 0.29) is 5.38 Å². The third-order valence-corrected chi connectivity index (χ3v) is 3.49. The van der Waals surface area contributed by atoms with Gasteiger partial charge in [0.2, 0.25) is 0 Å². The van der Waals surface area contributed by atoms with Crippen molar-refractivity contribution in [1.29, 1.82) is 0 Å². The lowest BCUT2D eigenvalue weighted by Gasteiger charge is -2.10. The van der Waals surface area contributed by atoms with Gasteiger partial charge in [0.25, 0.3) is 0 Å². The van der Waals surface area contributed by atoms with Gasteiger partial charge in [0.15, 0.2) is 5.65 Å². The zero-order valence-electron chi connectivity index (χ0n) is 11.5. The van der Waals surface area contributed by atoms with E-state index in [1.807, 2.05) is 44.3 Å². The van der Waals surface area contributed by atoms with Gasteiger partial charge in [0.05, 0.1) is 11.9 Å². The third-order valence-electron chi connectivity index (χ3n) is 3.29. The SMILES string of the molecule is Cc1cnc2c(c1)nc(C(C)Cl)n2Cc1ccccc1. The van der Waals surface area contributed by atoms with E-state index in [0.29, 0.717) is 0 Å². The van der Waals surface area contributed by atoms with Crippen molar-refractivity contribution in [2.24, 2.45) is 0 Å². The molecule has 0 bridgehead atoms. The van der Waals surface area contributed by atoms with Gasteiger partial charge in [-0.05, 0) is 31.0 Å². The summed E-state index contributed by atoms with van der Waals surface area (Å²) in [7, 11) is 0. The Morgan fingerprint density at radius 3 is 2.70 bits per heavy atom. The molecular formula is C16H16ClN3. The number of hydrogen-bond donors (Lipinski definition) is 0. The number of imidazole rings is 1. The molecule has 4 heteroatoms. The quantitative estimate of drug-likeness (QED) is 0.679. The van der Waals surface area contributed by atoms with Crippen LogP contribution in [0.5, 0.6) is 0 Å². The minimum absolute atomic E-state index is 0.145. The number of nitrogens with zero attached hydrogens (tertiary/aromatic N) is 3. The van der Waals surface area contributed by atoms with Gasteiger partial charge >= 0.3 is 0 Å². The van der Waals surface area contributed by atoms with E-state index >= 15 is 0 Å². The molecule has 0 spiro atoms. The summed E-state index contributed by atoms with van der Waals surface area (Å²) in [6.45, 7) is 4.70. The zero-order valence-corrected chi connectivity index (χ0v) is 12.3. The number of fused-ring (bicyclic) bond motifs is 1. The molecule has 0 aliphatic carbocycles. The predicted molar refractivity (Wildman–Crippen MR) is 82.1 cm³/mol. The molecule has 3 nitrogen and oxygen atoms in total. The minimum Gasteiger partial charge on any atom is -0.307 e. The molecule has 2 heterocycles. The lowest BCUT2D eigenvalue weighted by atomic mass is 10.2. The van der Waals surface area contributed by atoms with Gasteiger partial charge in [0, 0.05) is 6.20 Å². The first-order chi connectivity index (χ1) is 9.65. The molecule has 0 saturated heterocycles. The molecule has 3 aromatic rings. The van der Waals surface area contributed by atoms with Crippen LogP contribution in [0.4, 0.5) is 0 Å². The highest BCUT2D eigenvalue weighted by atomic mass is 35.5. The van der Waals surface area contributed by atoms with Crippen molar-refractivity contribution >= 4 is 22.8 Å². The number of aryl methyl sites for hydroxylation is 1. The van der Waals surface area contributed by atoms with Crippen LogP contribution in [0.3, 0.4) is 0 Å². The lowest BCUT2D eigenvalue weighted by molar-refractivity contribution is 0.736. The molecule has 1 unspecified atom stereocenters. The molecule has 0 amide bonds. The van der Waals surface area contributed by atoms with Crippen molar-refractivity contribution < 1.29 is 0 Å². The highest BCUT2D eigenvalue weighted by Gasteiger charge is 2.16. The van der Waals surface area contributed by atoms with E-state index in [9.17, 15) is 0 Å². The number of halogens is 1. The standard InChI is InChI=1S/C16H16ClN3/c1-11-8-14-16(18-9-11)20(15(19-14)12(2)17)10-13-6-4-3-5-7-13/h3-9,12H,10H2,1-2H3. The first kappa shape index (κ1) is 13.1. The fourth-order valence-corrected chi connectivity index (χ4v) is 2.52. The molecule has 20 heavy (non-hydrogen) atoms. The van der Waals surface area contributed by atoms with Gasteiger partial charge in [0.1, 0.15) is 11.3 Å². The third kappa shape index (κ3) is 2.41. The Morgan fingerprint density at radius 2 is 2.00 bits per heavy atom. The highest BCUT2D eigenvalue weighted by Crippen LogP contribution is 2.24. The minimum atomic E-state index is -0.145. The fourth-order valence-electron chi connectivity index (χ4n) is 2.35. The van der Waals surface area contributed by atoms with Crippen LogP contribution in [0.1, 0.15) is 29.3 Å². The molecule has 3 rings (SSSR count). The summed E-state index contributed by atoms with van der Waals surface area (Å²) in [6, 6.07) is 12.3. The van der Waals surface area contributed by atoms with E-state index in [1.54, 1.807) is 0 Å². The summed E-state index contributed by atoms with van der Waals surface area (Å²) < 4.78 is 2.10. The fraction of sp³-hybridized carbons (Fsp3) is 0.250. The smallest absolute Gasteiger partial charge is 0.160 e. The predicted octanol–water partition coefficient (Wildman–Crippen LogP) is 4.09. The summed E-state index contributed by atoms with van der Waals surface area (Å²) in [4.78, 5) is 9.16. The van der Waals surface area contributed by atoms with Gasteiger partial charge in [-0.15, -0.1) is 11.6 Å². The number of aromatic nitrogens is 3. The van der Waals surface area contributed by atoms with Crippen molar-refractivity contribution in [2.75, 3.05) is 0 Å². The average molecular weight is 286 g/mol. The molecule has 0 radical (unpaired) electrons. The van der Waals surface area contributed by atoms with Gasteiger partial charge < -0.3 is 4.57 Å². The van der Waals surface area contributed by atoms with Crippen LogP contribution < -0.4 is 0 Å². The number of alkyl halides is 1. The molecule has 2 aromatic heterocycles. The topological polar surface area (TPSA) is 30.7 Å². The van der Waals surface area contributed by atoms with Crippen LogP contribution >= 0.6 is 11.6 Å². The van der Waals surface area contributed by atoms with Crippen molar-refractivity contribution in [3.8, 4) is 0 Å². The van der Waals surface area contributed by atoms with E-state index in [4.69, 9.17) is 11.6 Å². The molecule has 0 fully saturated rings. The first-order valence-electron chi connectivity index (χ1n) is 6.66. The van der Waals surface area contributed by atoms with Crippen molar-refractivity contribution in [3.05, 3.63) is 59.5 Å². The maximum Gasteiger partial charge on any atom is 0.160 e. The Kier molecular flexibility index (Phi) is 3.45. The lowest BCUT2D eigenvalue weighted by Crippen LogP contribution is -2.06. The largest absolute Gasteiger partial charge is 0.307 e. The summed E-state index contributed by atoms with van der Waals surface area (Å²) in [5.74, 6) is 0.864.